The minimum atomic E-state index is -0.266. The predicted molar refractivity (Wildman–Crippen MR) is 76.3 cm³/mol. The number of nitrogens with two attached hydrogens (primary N) is 1. The molecule has 0 amide bonds. The van der Waals surface area contributed by atoms with E-state index in [2.05, 4.69) is 4.98 Å². The smallest absolute Gasteiger partial charge is 0.0637 e. The average molecular weight is 302 g/mol. The molecule has 0 saturated heterocycles. The Kier molecular flexibility index (Phi) is 4.46. The van der Waals surface area contributed by atoms with E-state index in [-0.39, 0.29) is 6.04 Å². The first-order valence-corrected chi connectivity index (χ1v) is 6.51. The molecule has 0 spiro atoms. The van der Waals surface area contributed by atoms with Gasteiger partial charge in [-0.25, -0.2) is 0 Å². The number of aromatic nitrogens is 1. The monoisotopic (exact) mass is 300 g/mol. The minimum absolute atomic E-state index is 0.266. The lowest BCUT2D eigenvalue weighted by molar-refractivity contribution is 0.721. The zero-order valence-corrected chi connectivity index (χ0v) is 11.7. The maximum absolute atomic E-state index is 6.14. The van der Waals surface area contributed by atoms with Gasteiger partial charge in [0.2, 0.25) is 0 Å². The molecule has 2 nitrogen and oxygen atoms in total. The summed E-state index contributed by atoms with van der Waals surface area (Å²) in [6, 6.07) is 6.93. The summed E-state index contributed by atoms with van der Waals surface area (Å²) >= 11 is 18.3. The van der Waals surface area contributed by atoms with Crippen molar-refractivity contribution in [3.63, 3.8) is 0 Å². The number of pyridine rings is 1. The molecule has 0 saturated carbocycles. The van der Waals surface area contributed by atoms with E-state index in [9.17, 15) is 0 Å². The number of nitrogens with zero attached hydrogens (tertiary/aromatic N) is 1. The normalized spacial score (nSPS) is 12.4. The fraction of sp³-hybridized carbons (Fsp3) is 0.154. The van der Waals surface area contributed by atoms with Crippen LogP contribution in [0.2, 0.25) is 15.1 Å². The molecule has 2 N–H and O–H groups in total. The zero-order chi connectivity index (χ0) is 13.1. The molecule has 1 unspecified atom stereocenters. The Morgan fingerprint density at radius 3 is 2.33 bits per heavy atom. The van der Waals surface area contributed by atoms with Crippen LogP contribution in [-0.2, 0) is 6.42 Å². The van der Waals surface area contributed by atoms with Gasteiger partial charge in [-0.05, 0) is 35.7 Å². The summed E-state index contributed by atoms with van der Waals surface area (Å²) < 4.78 is 0. The first-order valence-electron chi connectivity index (χ1n) is 5.37. The van der Waals surface area contributed by atoms with Crippen LogP contribution in [0, 0.1) is 0 Å². The summed E-state index contributed by atoms with van der Waals surface area (Å²) in [5.74, 6) is 0. The van der Waals surface area contributed by atoms with Crippen molar-refractivity contribution in [3.8, 4) is 0 Å². The summed E-state index contributed by atoms with van der Waals surface area (Å²) in [4.78, 5) is 3.93. The van der Waals surface area contributed by atoms with E-state index in [4.69, 9.17) is 40.5 Å². The van der Waals surface area contributed by atoms with E-state index in [0.29, 0.717) is 21.5 Å². The molecule has 0 aliphatic heterocycles. The third-order valence-corrected chi connectivity index (χ3v) is 3.71. The molecule has 1 aromatic carbocycles. The molecule has 2 aromatic rings. The molecule has 1 heterocycles. The van der Waals surface area contributed by atoms with E-state index in [1.54, 1.807) is 36.7 Å². The van der Waals surface area contributed by atoms with Gasteiger partial charge >= 0.3 is 0 Å². The van der Waals surface area contributed by atoms with Crippen molar-refractivity contribution in [3.05, 3.63) is 62.9 Å². The quantitative estimate of drug-likeness (QED) is 0.918. The topological polar surface area (TPSA) is 38.9 Å². The Bertz CT molecular complexity index is 537. The van der Waals surface area contributed by atoms with Gasteiger partial charge in [-0.1, -0.05) is 40.9 Å². The van der Waals surface area contributed by atoms with E-state index in [0.717, 1.165) is 11.1 Å². The van der Waals surface area contributed by atoms with Crippen molar-refractivity contribution in [2.24, 2.45) is 5.73 Å². The molecule has 1 atom stereocenters. The Labute approximate surface area is 121 Å². The fourth-order valence-electron chi connectivity index (χ4n) is 1.74. The highest BCUT2D eigenvalue weighted by molar-refractivity contribution is 6.36. The Morgan fingerprint density at radius 1 is 1.06 bits per heavy atom. The van der Waals surface area contributed by atoms with Gasteiger partial charge in [0.15, 0.2) is 0 Å². The summed E-state index contributed by atoms with van der Waals surface area (Å²) in [7, 11) is 0. The lowest BCUT2D eigenvalue weighted by Crippen LogP contribution is -2.14. The number of hydrogen-bond donors (Lipinski definition) is 1. The molecule has 1 aromatic heterocycles. The molecule has 0 radical (unpaired) electrons. The zero-order valence-electron chi connectivity index (χ0n) is 9.41. The van der Waals surface area contributed by atoms with Crippen molar-refractivity contribution in [2.75, 3.05) is 0 Å². The summed E-state index contributed by atoms with van der Waals surface area (Å²) in [6.45, 7) is 0. The highest BCUT2D eigenvalue weighted by Crippen LogP contribution is 2.30. The molecule has 18 heavy (non-hydrogen) atoms. The third-order valence-electron chi connectivity index (χ3n) is 2.69. The second kappa shape index (κ2) is 5.89. The van der Waals surface area contributed by atoms with Crippen LogP contribution in [0.5, 0.6) is 0 Å². The third kappa shape index (κ3) is 2.96. The van der Waals surface area contributed by atoms with Crippen LogP contribution < -0.4 is 5.73 Å². The van der Waals surface area contributed by atoms with E-state index >= 15 is 0 Å². The molecule has 0 aliphatic carbocycles. The van der Waals surface area contributed by atoms with Crippen LogP contribution in [0.3, 0.4) is 0 Å². The van der Waals surface area contributed by atoms with Crippen LogP contribution in [0.25, 0.3) is 0 Å². The standard InChI is InChI=1S/C13H11Cl3N2/c14-10-2-1-3-11(15)9(10)6-13(17)8-4-5-18-7-12(8)16/h1-5,7,13H,6,17H2. The molecule has 5 heteroatoms. The van der Waals surface area contributed by atoms with Crippen molar-refractivity contribution >= 4 is 34.8 Å². The lowest BCUT2D eigenvalue weighted by Gasteiger charge is -2.15. The van der Waals surface area contributed by atoms with Gasteiger partial charge in [0, 0.05) is 28.5 Å². The lowest BCUT2D eigenvalue weighted by atomic mass is 10.0. The van der Waals surface area contributed by atoms with Gasteiger partial charge in [0.05, 0.1) is 5.02 Å². The highest BCUT2D eigenvalue weighted by Gasteiger charge is 2.14. The summed E-state index contributed by atoms with van der Waals surface area (Å²) in [5.41, 5.74) is 7.81. The highest BCUT2D eigenvalue weighted by atomic mass is 35.5. The maximum atomic E-state index is 6.14. The molecule has 2 rings (SSSR count). The molecule has 0 bridgehead atoms. The number of hydrogen-bond acceptors (Lipinski definition) is 2. The van der Waals surface area contributed by atoms with E-state index in [1.165, 1.54) is 0 Å². The molecule has 0 aliphatic rings. The average Bonchev–Trinajstić information content (AvgIpc) is 2.34. The minimum Gasteiger partial charge on any atom is -0.324 e. The number of benzene rings is 1. The van der Waals surface area contributed by atoms with Gasteiger partial charge in [-0.3, -0.25) is 4.98 Å². The van der Waals surface area contributed by atoms with Crippen LogP contribution in [0.1, 0.15) is 17.2 Å². The fourth-order valence-corrected chi connectivity index (χ4v) is 2.56. The van der Waals surface area contributed by atoms with Crippen LogP contribution in [0.4, 0.5) is 0 Å². The molecule has 0 fully saturated rings. The molecule has 94 valence electrons. The molecular weight excluding hydrogens is 291 g/mol. The number of rotatable bonds is 3. The van der Waals surface area contributed by atoms with Crippen molar-refractivity contribution in [1.29, 1.82) is 0 Å². The summed E-state index contributed by atoms with van der Waals surface area (Å²) in [5, 5.41) is 1.78. The van der Waals surface area contributed by atoms with Crippen molar-refractivity contribution in [1.82, 2.24) is 4.98 Å². The second-order valence-electron chi connectivity index (χ2n) is 3.91. The second-order valence-corrected chi connectivity index (χ2v) is 5.13. The van der Waals surface area contributed by atoms with Gasteiger partial charge in [0.25, 0.3) is 0 Å². The SMILES string of the molecule is NC(Cc1c(Cl)cccc1Cl)c1ccncc1Cl. The first kappa shape index (κ1) is 13.6. The Balaban J connectivity index is 2.27. The van der Waals surface area contributed by atoms with Crippen molar-refractivity contribution in [2.45, 2.75) is 12.5 Å². The first-order chi connectivity index (χ1) is 8.59. The van der Waals surface area contributed by atoms with E-state index < -0.39 is 0 Å². The molecular formula is C13H11Cl3N2. The van der Waals surface area contributed by atoms with Gasteiger partial charge < -0.3 is 5.73 Å². The Hall–Kier alpha value is -0.800. The van der Waals surface area contributed by atoms with Gasteiger partial charge in [0.1, 0.15) is 0 Å². The predicted octanol–water partition coefficient (Wildman–Crippen LogP) is 4.28. The summed E-state index contributed by atoms with van der Waals surface area (Å²) in [6.07, 6.45) is 3.77. The van der Waals surface area contributed by atoms with Gasteiger partial charge in [-0.2, -0.15) is 0 Å². The Morgan fingerprint density at radius 2 is 1.72 bits per heavy atom. The van der Waals surface area contributed by atoms with Crippen LogP contribution >= 0.6 is 34.8 Å². The van der Waals surface area contributed by atoms with Crippen molar-refractivity contribution < 1.29 is 0 Å². The van der Waals surface area contributed by atoms with Crippen LogP contribution in [-0.4, -0.2) is 4.98 Å². The van der Waals surface area contributed by atoms with Gasteiger partial charge in [-0.15, -0.1) is 0 Å². The van der Waals surface area contributed by atoms with Crippen LogP contribution in [0.15, 0.2) is 36.7 Å². The number of halogens is 3. The largest absolute Gasteiger partial charge is 0.324 e. The van der Waals surface area contributed by atoms with E-state index in [1.807, 2.05) is 0 Å². The maximum Gasteiger partial charge on any atom is 0.0637 e.